The van der Waals surface area contributed by atoms with Crippen molar-refractivity contribution in [2.45, 2.75) is 26.2 Å². The Labute approximate surface area is 282 Å². The average molecular weight is 674 g/mol. The molecule has 0 unspecified atom stereocenters. The second kappa shape index (κ2) is 11.0. The number of alkyl halides is 6. The molecule has 9 heteroatoms. The van der Waals surface area contributed by atoms with Crippen LogP contribution in [0.25, 0.3) is 71.0 Å². The Morgan fingerprint density at radius 1 is 0.500 bits per heavy atom. The van der Waals surface area contributed by atoms with Crippen LogP contribution in [0.4, 0.5) is 32.0 Å². The molecule has 2 heterocycles. The highest BCUT2D eigenvalue weighted by molar-refractivity contribution is 6.12. The van der Waals surface area contributed by atoms with Crippen molar-refractivity contribution < 1.29 is 26.3 Å². The minimum Gasteiger partial charge on any atom is -0.308 e. The van der Waals surface area contributed by atoms with E-state index in [1.54, 1.807) is 6.07 Å². The molecule has 0 amide bonds. The van der Waals surface area contributed by atoms with Gasteiger partial charge in [-0.05, 0) is 85.6 Å². The zero-order valence-electron chi connectivity index (χ0n) is 26.6. The van der Waals surface area contributed by atoms with Crippen molar-refractivity contribution in [2.75, 3.05) is 0 Å². The van der Waals surface area contributed by atoms with Crippen LogP contribution in [0.1, 0.15) is 22.3 Å². The second-order valence-electron chi connectivity index (χ2n) is 12.5. The summed E-state index contributed by atoms with van der Waals surface area (Å²) >= 11 is 0. The third kappa shape index (κ3) is 4.82. The first-order valence-corrected chi connectivity index (χ1v) is 15.7. The van der Waals surface area contributed by atoms with Crippen molar-refractivity contribution in [1.29, 1.82) is 0 Å². The molecule has 0 radical (unpaired) electrons. The van der Waals surface area contributed by atoms with Crippen LogP contribution in [0.2, 0.25) is 0 Å². The summed E-state index contributed by atoms with van der Waals surface area (Å²) in [5.74, 6) is 0. The van der Waals surface area contributed by atoms with Gasteiger partial charge in [0.15, 0.2) is 5.69 Å². The van der Waals surface area contributed by atoms with E-state index in [9.17, 15) is 26.3 Å². The molecule has 0 aliphatic rings. The van der Waals surface area contributed by atoms with E-state index in [0.29, 0.717) is 17.4 Å². The van der Waals surface area contributed by atoms with Crippen LogP contribution >= 0.6 is 0 Å². The molecule has 246 valence electrons. The molecule has 0 N–H and O–H groups in total. The molecular formula is C41H25F6N3. The SMILES string of the molecule is [C-]#[N+]c1cc(-n2c3ccccc3c3cc(C)ccc32)c(-n2c3ccccc3c3cc(C)ccc32)cc1-c1ccc(C(F)(F)F)cc1C(F)(F)F. The van der Waals surface area contributed by atoms with Gasteiger partial charge in [-0.2, -0.15) is 26.3 Å². The van der Waals surface area contributed by atoms with Gasteiger partial charge in [0, 0.05) is 21.5 Å². The predicted octanol–water partition coefficient (Wildman–Crippen LogP) is 12.8. The maximum atomic E-state index is 14.6. The van der Waals surface area contributed by atoms with Gasteiger partial charge in [0.05, 0.1) is 51.1 Å². The average Bonchev–Trinajstić information content (AvgIpc) is 3.58. The Balaban J connectivity index is 1.57. The van der Waals surface area contributed by atoms with Gasteiger partial charge in [0.1, 0.15) is 0 Å². The number of aromatic nitrogens is 2. The van der Waals surface area contributed by atoms with Crippen LogP contribution in [0.15, 0.2) is 115 Å². The van der Waals surface area contributed by atoms with Crippen LogP contribution in [0, 0.1) is 20.4 Å². The van der Waals surface area contributed by atoms with Gasteiger partial charge in [0.2, 0.25) is 0 Å². The fraction of sp³-hybridized carbons (Fsp3) is 0.0976. The van der Waals surface area contributed by atoms with Gasteiger partial charge in [-0.15, -0.1) is 0 Å². The summed E-state index contributed by atoms with van der Waals surface area (Å²) in [6.45, 7) is 12.1. The molecule has 0 aliphatic heterocycles. The van der Waals surface area contributed by atoms with E-state index in [2.05, 4.69) is 10.9 Å². The standard InChI is InChI=1S/C41H25F6N3/c1-23-12-16-36-30(18-23)27-8-4-6-10-34(27)49(36)38-21-29(26-15-14-25(40(42,43)44)20-32(26)41(45,46)47)33(48-3)22-39(38)50-35-11-7-5-9-28(35)31-19-24(2)13-17-37(31)50/h4-22H,1-2H3. The molecule has 3 nitrogen and oxygen atoms in total. The van der Waals surface area contributed by atoms with Crippen LogP contribution in [0.5, 0.6) is 0 Å². The molecule has 0 fully saturated rings. The smallest absolute Gasteiger partial charge is 0.308 e. The summed E-state index contributed by atoms with van der Waals surface area (Å²) in [6, 6.07) is 32.1. The Morgan fingerprint density at radius 2 is 1.00 bits per heavy atom. The highest BCUT2D eigenvalue weighted by atomic mass is 19.4. The van der Waals surface area contributed by atoms with E-state index in [0.717, 1.165) is 60.8 Å². The van der Waals surface area contributed by atoms with Gasteiger partial charge in [0.25, 0.3) is 0 Å². The number of para-hydroxylation sites is 2. The molecule has 0 atom stereocenters. The Bertz CT molecular complexity index is 2720. The van der Waals surface area contributed by atoms with Gasteiger partial charge in [-0.25, -0.2) is 4.85 Å². The molecule has 0 spiro atoms. The van der Waals surface area contributed by atoms with E-state index in [1.807, 2.05) is 102 Å². The largest absolute Gasteiger partial charge is 0.416 e. The second-order valence-corrected chi connectivity index (χ2v) is 12.5. The van der Waals surface area contributed by atoms with E-state index >= 15 is 0 Å². The molecule has 0 bridgehead atoms. The highest BCUT2D eigenvalue weighted by Crippen LogP contribution is 2.47. The maximum absolute atomic E-state index is 14.6. The number of rotatable bonds is 3. The van der Waals surface area contributed by atoms with E-state index < -0.39 is 29.0 Å². The number of aryl methyl sites for hydroxylation is 2. The first-order valence-electron chi connectivity index (χ1n) is 15.7. The van der Waals surface area contributed by atoms with E-state index in [4.69, 9.17) is 6.57 Å². The maximum Gasteiger partial charge on any atom is 0.416 e. The van der Waals surface area contributed by atoms with E-state index in [-0.39, 0.29) is 17.3 Å². The van der Waals surface area contributed by atoms with E-state index in [1.165, 1.54) is 6.07 Å². The lowest BCUT2D eigenvalue weighted by atomic mass is 9.94. The number of benzene rings is 6. The van der Waals surface area contributed by atoms with Crippen LogP contribution in [-0.2, 0) is 12.4 Å². The molecule has 50 heavy (non-hydrogen) atoms. The van der Waals surface area contributed by atoms with Crippen molar-refractivity contribution in [1.82, 2.24) is 9.13 Å². The first kappa shape index (κ1) is 31.3. The molecule has 0 saturated heterocycles. The summed E-state index contributed by atoms with van der Waals surface area (Å²) < 4.78 is 88.8. The van der Waals surface area contributed by atoms with Crippen molar-refractivity contribution in [2.24, 2.45) is 0 Å². The molecular weight excluding hydrogens is 648 g/mol. The van der Waals surface area contributed by atoms with Gasteiger partial charge >= 0.3 is 12.4 Å². The number of fused-ring (bicyclic) bond motifs is 6. The lowest BCUT2D eigenvalue weighted by Crippen LogP contribution is -2.12. The lowest BCUT2D eigenvalue weighted by molar-refractivity contribution is -0.142. The molecule has 0 saturated carbocycles. The van der Waals surface area contributed by atoms with Crippen LogP contribution in [-0.4, -0.2) is 9.13 Å². The van der Waals surface area contributed by atoms with Crippen molar-refractivity contribution in [3.63, 3.8) is 0 Å². The third-order valence-corrected chi connectivity index (χ3v) is 9.29. The van der Waals surface area contributed by atoms with Crippen LogP contribution < -0.4 is 0 Å². The summed E-state index contributed by atoms with van der Waals surface area (Å²) in [4.78, 5) is 3.68. The summed E-state index contributed by atoms with van der Waals surface area (Å²) in [5, 5.41) is 3.74. The minimum atomic E-state index is -5.14. The molecule has 8 rings (SSSR count). The number of nitrogens with zero attached hydrogens (tertiary/aromatic N) is 3. The number of hydrogen-bond donors (Lipinski definition) is 0. The fourth-order valence-corrected chi connectivity index (χ4v) is 7.11. The molecule has 0 aliphatic carbocycles. The quantitative estimate of drug-likeness (QED) is 0.131. The number of halogens is 6. The molecule has 6 aromatic carbocycles. The highest BCUT2D eigenvalue weighted by Gasteiger charge is 2.39. The summed E-state index contributed by atoms with van der Waals surface area (Å²) in [5.41, 5.74) is 2.56. The van der Waals surface area contributed by atoms with Gasteiger partial charge in [-0.1, -0.05) is 65.7 Å². The minimum absolute atomic E-state index is 0.120. The predicted molar refractivity (Wildman–Crippen MR) is 186 cm³/mol. The number of hydrogen-bond acceptors (Lipinski definition) is 0. The van der Waals surface area contributed by atoms with Crippen molar-refractivity contribution >= 4 is 49.3 Å². The lowest BCUT2D eigenvalue weighted by Gasteiger charge is -2.21. The zero-order valence-corrected chi connectivity index (χ0v) is 26.6. The van der Waals surface area contributed by atoms with Crippen LogP contribution in [0.3, 0.4) is 0 Å². The monoisotopic (exact) mass is 673 g/mol. The zero-order chi connectivity index (χ0) is 35.1. The van der Waals surface area contributed by atoms with Gasteiger partial charge < -0.3 is 9.13 Å². The summed E-state index contributed by atoms with van der Waals surface area (Å²) in [6.07, 6.45) is -10.1. The Kier molecular flexibility index (Phi) is 6.88. The Hall–Kier alpha value is -6.01. The fourth-order valence-electron chi connectivity index (χ4n) is 7.11. The van der Waals surface area contributed by atoms with Crippen molar-refractivity contribution in [3.8, 4) is 22.5 Å². The normalized spacial score (nSPS) is 12.4. The summed E-state index contributed by atoms with van der Waals surface area (Å²) in [7, 11) is 0. The van der Waals surface area contributed by atoms with Gasteiger partial charge in [-0.3, -0.25) is 0 Å². The molecule has 8 aromatic rings. The Morgan fingerprint density at radius 3 is 1.50 bits per heavy atom. The molecule has 2 aromatic heterocycles. The topological polar surface area (TPSA) is 14.2 Å². The van der Waals surface area contributed by atoms with Crippen molar-refractivity contribution in [3.05, 3.63) is 149 Å². The third-order valence-electron chi connectivity index (χ3n) is 9.29. The first-order chi connectivity index (χ1) is 23.8.